The fraction of sp³-hybridized carbons (Fsp3) is 0.900. The maximum absolute atomic E-state index is 11.5. The van der Waals surface area contributed by atoms with Gasteiger partial charge in [0.05, 0.1) is 6.10 Å². The zero-order valence-electron chi connectivity index (χ0n) is 8.35. The summed E-state index contributed by atoms with van der Waals surface area (Å²) in [5.41, 5.74) is 5.34. The number of carbonyl (C=O) groups is 1. The number of hydrogen-bond donors (Lipinski definition) is 2. The lowest BCUT2D eigenvalue weighted by molar-refractivity contribution is -0.130. The molecule has 3 N–H and O–H groups in total. The Morgan fingerprint density at radius 1 is 1.43 bits per heavy atom. The minimum atomic E-state index is -0.185. The smallest absolute Gasteiger partial charge is 0.223 e. The van der Waals surface area contributed by atoms with E-state index in [0.717, 1.165) is 25.9 Å². The molecule has 1 aliphatic carbocycles. The summed E-state index contributed by atoms with van der Waals surface area (Å²) in [6.07, 6.45) is 2.23. The molecule has 3 unspecified atom stereocenters. The van der Waals surface area contributed by atoms with Crippen molar-refractivity contribution >= 4 is 5.91 Å². The van der Waals surface area contributed by atoms with Crippen molar-refractivity contribution < 1.29 is 9.90 Å². The summed E-state index contributed by atoms with van der Waals surface area (Å²) in [7, 11) is 0. The van der Waals surface area contributed by atoms with Crippen LogP contribution in [-0.2, 0) is 4.79 Å². The molecule has 0 bridgehead atoms. The minimum Gasteiger partial charge on any atom is -0.393 e. The number of likely N-dealkylation sites (tertiary alicyclic amines) is 1. The molecule has 4 nitrogen and oxygen atoms in total. The zero-order valence-corrected chi connectivity index (χ0v) is 8.35. The van der Waals surface area contributed by atoms with Crippen LogP contribution in [0, 0.1) is 11.8 Å². The van der Waals surface area contributed by atoms with Crippen LogP contribution in [0.5, 0.6) is 0 Å². The molecule has 0 spiro atoms. The summed E-state index contributed by atoms with van der Waals surface area (Å²) in [5, 5.41) is 9.67. The number of amides is 1. The van der Waals surface area contributed by atoms with E-state index < -0.39 is 0 Å². The summed E-state index contributed by atoms with van der Waals surface area (Å²) >= 11 is 0. The highest BCUT2D eigenvalue weighted by atomic mass is 16.3. The molecule has 14 heavy (non-hydrogen) atoms. The van der Waals surface area contributed by atoms with Crippen molar-refractivity contribution in [1.29, 1.82) is 0 Å². The number of fused-ring (bicyclic) bond motifs is 1. The second-order valence-corrected chi connectivity index (χ2v) is 4.41. The lowest BCUT2D eigenvalue weighted by Crippen LogP contribution is -2.32. The average molecular weight is 198 g/mol. The van der Waals surface area contributed by atoms with E-state index in [1.54, 1.807) is 0 Å². The van der Waals surface area contributed by atoms with Gasteiger partial charge in [-0.2, -0.15) is 0 Å². The lowest BCUT2D eigenvalue weighted by Gasteiger charge is -2.17. The van der Waals surface area contributed by atoms with Gasteiger partial charge in [0.2, 0.25) is 5.91 Å². The van der Waals surface area contributed by atoms with Gasteiger partial charge in [-0.15, -0.1) is 0 Å². The molecule has 80 valence electrons. The third kappa shape index (κ3) is 1.64. The highest BCUT2D eigenvalue weighted by Gasteiger charge is 2.42. The largest absolute Gasteiger partial charge is 0.393 e. The van der Waals surface area contributed by atoms with Crippen molar-refractivity contribution in [2.75, 3.05) is 19.6 Å². The van der Waals surface area contributed by atoms with Crippen LogP contribution in [0.15, 0.2) is 0 Å². The predicted octanol–water partition coefficient (Wildman–Crippen LogP) is -0.436. The van der Waals surface area contributed by atoms with E-state index in [0.29, 0.717) is 24.8 Å². The summed E-state index contributed by atoms with van der Waals surface area (Å²) in [6, 6.07) is 0. The molecule has 0 aromatic heterocycles. The van der Waals surface area contributed by atoms with Gasteiger partial charge < -0.3 is 15.7 Å². The number of nitrogens with two attached hydrogens (primary N) is 1. The lowest BCUT2D eigenvalue weighted by atomic mass is 10.00. The van der Waals surface area contributed by atoms with Crippen LogP contribution < -0.4 is 5.73 Å². The molecule has 1 saturated heterocycles. The van der Waals surface area contributed by atoms with E-state index >= 15 is 0 Å². The van der Waals surface area contributed by atoms with Gasteiger partial charge in [-0.25, -0.2) is 0 Å². The zero-order chi connectivity index (χ0) is 10.1. The normalized spacial score (nSPS) is 36.1. The highest BCUT2D eigenvalue weighted by Crippen LogP contribution is 2.38. The first kappa shape index (κ1) is 9.93. The quantitative estimate of drug-likeness (QED) is 0.632. The van der Waals surface area contributed by atoms with Crippen LogP contribution in [0.2, 0.25) is 0 Å². The molecule has 2 aliphatic rings. The molecule has 4 heteroatoms. The van der Waals surface area contributed by atoms with Crippen LogP contribution in [0.4, 0.5) is 0 Å². The molecular formula is C10H18N2O2. The van der Waals surface area contributed by atoms with Crippen LogP contribution in [-0.4, -0.2) is 41.7 Å². The Hall–Kier alpha value is -0.610. The van der Waals surface area contributed by atoms with Gasteiger partial charge in [-0.3, -0.25) is 4.79 Å². The molecule has 1 saturated carbocycles. The van der Waals surface area contributed by atoms with Crippen LogP contribution in [0.1, 0.15) is 19.3 Å². The van der Waals surface area contributed by atoms with Crippen molar-refractivity contribution in [3.63, 3.8) is 0 Å². The highest BCUT2D eigenvalue weighted by molar-refractivity contribution is 5.76. The Morgan fingerprint density at radius 3 is 2.86 bits per heavy atom. The summed E-state index contributed by atoms with van der Waals surface area (Å²) in [5.74, 6) is 1.01. The number of hydrogen-bond acceptors (Lipinski definition) is 3. The van der Waals surface area contributed by atoms with E-state index in [9.17, 15) is 9.90 Å². The molecule has 3 atom stereocenters. The van der Waals surface area contributed by atoms with E-state index in [4.69, 9.17) is 5.73 Å². The van der Waals surface area contributed by atoms with Gasteiger partial charge in [-0.1, -0.05) is 0 Å². The Bertz CT molecular complexity index is 232. The van der Waals surface area contributed by atoms with Gasteiger partial charge in [-0.05, 0) is 18.8 Å². The Kier molecular flexibility index (Phi) is 2.74. The van der Waals surface area contributed by atoms with Gasteiger partial charge in [0.25, 0.3) is 0 Å². The molecule has 0 aromatic rings. The van der Waals surface area contributed by atoms with Crippen LogP contribution in [0.3, 0.4) is 0 Å². The third-order valence-corrected chi connectivity index (χ3v) is 3.53. The first-order chi connectivity index (χ1) is 6.72. The van der Waals surface area contributed by atoms with Crippen molar-refractivity contribution in [2.24, 2.45) is 17.6 Å². The second-order valence-electron chi connectivity index (χ2n) is 4.41. The Labute approximate surface area is 84.1 Å². The Morgan fingerprint density at radius 2 is 2.21 bits per heavy atom. The number of carbonyl (C=O) groups excluding carboxylic acids is 1. The molecule has 2 rings (SSSR count). The topological polar surface area (TPSA) is 66.6 Å². The molecule has 2 fully saturated rings. The van der Waals surface area contributed by atoms with E-state index in [2.05, 4.69) is 0 Å². The number of aliphatic hydroxyl groups excluding tert-OH is 1. The molecule has 0 radical (unpaired) electrons. The second kappa shape index (κ2) is 3.87. The number of aliphatic hydroxyl groups is 1. The molecule has 1 heterocycles. The van der Waals surface area contributed by atoms with E-state index in [-0.39, 0.29) is 12.0 Å². The molecular weight excluding hydrogens is 180 g/mol. The number of rotatable bonds is 2. The van der Waals surface area contributed by atoms with Crippen molar-refractivity contribution in [3.8, 4) is 0 Å². The molecule has 1 aliphatic heterocycles. The van der Waals surface area contributed by atoms with Gasteiger partial charge in [0.1, 0.15) is 0 Å². The fourth-order valence-electron chi connectivity index (χ4n) is 2.72. The first-order valence-corrected chi connectivity index (χ1v) is 5.38. The molecule has 0 aromatic carbocycles. The Balaban J connectivity index is 1.92. The average Bonchev–Trinajstić information content (AvgIpc) is 2.69. The monoisotopic (exact) mass is 198 g/mol. The van der Waals surface area contributed by atoms with Gasteiger partial charge in [0.15, 0.2) is 0 Å². The standard InChI is InChI=1S/C10H18N2O2/c11-4-3-10(14)12-5-7-1-2-9(13)8(7)6-12/h7-9,13H,1-6,11H2. The van der Waals surface area contributed by atoms with Gasteiger partial charge >= 0.3 is 0 Å². The number of nitrogens with zero attached hydrogens (tertiary/aromatic N) is 1. The fourth-order valence-corrected chi connectivity index (χ4v) is 2.72. The van der Waals surface area contributed by atoms with E-state index in [1.165, 1.54) is 0 Å². The summed E-state index contributed by atoms with van der Waals surface area (Å²) in [4.78, 5) is 13.4. The van der Waals surface area contributed by atoms with E-state index in [1.807, 2.05) is 4.90 Å². The van der Waals surface area contributed by atoms with Crippen molar-refractivity contribution in [3.05, 3.63) is 0 Å². The molecule has 1 amide bonds. The maximum Gasteiger partial charge on any atom is 0.223 e. The van der Waals surface area contributed by atoms with Crippen molar-refractivity contribution in [1.82, 2.24) is 4.90 Å². The SMILES string of the molecule is NCCC(=O)N1CC2CCC(O)C2C1. The van der Waals surface area contributed by atoms with Crippen LogP contribution >= 0.6 is 0 Å². The van der Waals surface area contributed by atoms with Crippen molar-refractivity contribution in [2.45, 2.75) is 25.4 Å². The van der Waals surface area contributed by atoms with Gasteiger partial charge in [0, 0.05) is 32.0 Å². The third-order valence-electron chi connectivity index (χ3n) is 3.53. The van der Waals surface area contributed by atoms with Crippen LogP contribution in [0.25, 0.3) is 0 Å². The summed E-state index contributed by atoms with van der Waals surface area (Å²) < 4.78 is 0. The maximum atomic E-state index is 11.5. The predicted molar refractivity (Wildman–Crippen MR) is 52.5 cm³/mol. The first-order valence-electron chi connectivity index (χ1n) is 5.38. The minimum absolute atomic E-state index is 0.147. The summed E-state index contributed by atoms with van der Waals surface area (Å²) in [6.45, 7) is 2.00.